The molecule has 1 unspecified atom stereocenters. The lowest BCUT2D eigenvalue weighted by Crippen LogP contribution is -2.41. The van der Waals surface area contributed by atoms with Crippen molar-refractivity contribution in [3.05, 3.63) is 34.6 Å². The predicted molar refractivity (Wildman–Crippen MR) is 89.9 cm³/mol. The Morgan fingerprint density at radius 3 is 2.79 bits per heavy atom. The molecule has 1 aliphatic heterocycles. The van der Waals surface area contributed by atoms with E-state index in [9.17, 15) is 14.0 Å². The summed E-state index contributed by atoms with van der Waals surface area (Å²) < 4.78 is 14.0. The fourth-order valence-electron chi connectivity index (χ4n) is 2.98. The maximum absolute atomic E-state index is 14.0. The number of primary amides is 1. The van der Waals surface area contributed by atoms with E-state index in [2.05, 4.69) is 15.5 Å². The summed E-state index contributed by atoms with van der Waals surface area (Å²) in [5.41, 5.74) is 7.31. The first-order valence-electron chi connectivity index (χ1n) is 8.13. The van der Waals surface area contributed by atoms with Crippen molar-refractivity contribution in [2.45, 2.75) is 26.8 Å². The molecule has 0 saturated carbocycles. The average molecular weight is 336 g/mol. The van der Waals surface area contributed by atoms with Gasteiger partial charge in [-0.1, -0.05) is 12.1 Å². The summed E-state index contributed by atoms with van der Waals surface area (Å²) in [5.74, 6) is -0.0145. The number of amides is 3. The third kappa shape index (κ3) is 4.92. The normalized spacial score (nSPS) is 17.7. The number of carbonyl (C=O) groups is 2. The highest BCUT2D eigenvalue weighted by atomic mass is 19.1. The van der Waals surface area contributed by atoms with Gasteiger partial charge in [0.1, 0.15) is 5.82 Å². The lowest BCUT2D eigenvalue weighted by atomic mass is 10.0. The zero-order valence-corrected chi connectivity index (χ0v) is 14.2. The molecule has 1 aromatic carbocycles. The summed E-state index contributed by atoms with van der Waals surface area (Å²) >= 11 is 0. The molecule has 1 atom stereocenters. The number of aryl methyl sites for hydroxylation is 1. The number of nitrogens with zero attached hydrogens (tertiary/aromatic N) is 1. The molecule has 0 aliphatic carbocycles. The molecule has 132 valence electrons. The molecule has 2 rings (SSSR count). The van der Waals surface area contributed by atoms with Crippen LogP contribution in [-0.4, -0.2) is 43.0 Å². The first kappa shape index (κ1) is 18.2. The molecule has 1 aliphatic rings. The molecule has 1 aromatic rings. The first-order valence-corrected chi connectivity index (χ1v) is 8.13. The minimum Gasteiger partial charge on any atom is -0.354 e. The van der Waals surface area contributed by atoms with Gasteiger partial charge in [-0.05, 0) is 49.4 Å². The number of carbonyl (C=O) groups excluding carboxylic acids is 2. The molecule has 1 fully saturated rings. The minimum atomic E-state index is -0.710. The summed E-state index contributed by atoms with van der Waals surface area (Å²) in [7, 11) is 0. The van der Waals surface area contributed by atoms with Gasteiger partial charge in [0.2, 0.25) is 5.91 Å². The lowest BCUT2D eigenvalue weighted by molar-refractivity contribution is -0.120. The Labute approximate surface area is 141 Å². The molecule has 6 nitrogen and oxygen atoms in total. The van der Waals surface area contributed by atoms with E-state index < -0.39 is 6.03 Å². The fourth-order valence-corrected chi connectivity index (χ4v) is 2.98. The van der Waals surface area contributed by atoms with Crippen LogP contribution in [0.2, 0.25) is 0 Å². The highest BCUT2D eigenvalue weighted by molar-refractivity contribution is 5.83. The molecule has 24 heavy (non-hydrogen) atoms. The van der Waals surface area contributed by atoms with E-state index in [1.165, 1.54) is 0 Å². The summed E-state index contributed by atoms with van der Waals surface area (Å²) in [5, 5.41) is 5.06. The van der Waals surface area contributed by atoms with Gasteiger partial charge in [-0.3, -0.25) is 9.69 Å². The van der Waals surface area contributed by atoms with Crippen LogP contribution in [0.4, 0.5) is 9.18 Å². The standard InChI is InChI=1S/C17H25FN4O2/c1-11-3-4-14(12(2)16(11)18)10-22-6-5-13(9-22)7-20-15(23)8-21-17(19)24/h3-4,13H,5-10H2,1-2H3,(H,20,23)(H3,19,21,24). The second-order valence-corrected chi connectivity index (χ2v) is 6.39. The van der Waals surface area contributed by atoms with Gasteiger partial charge in [-0.2, -0.15) is 0 Å². The van der Waals surface area contributed by atoms with Gasteiger partial charge >= 0.3 is 6.03 Å². The van der Waals surface area contributed by atoms with E-state index in [4.69, 9.17) is 5.73 Å². The Morgan fingerprint density at radius 1 is 1.33 bits per heavy atom. The van der Waals surface area contributed by atoms with Gasteiger partial charge in [0.05, 0.1) is 6.54 Å². The number of urea groups is 1. The van der Waals surface area contributed by atoms with Crippen LogP contribution in [0.3, 0.4) is 0 Å². The molecule has 0 bridgehead atoms. The molecular formula is C17H25FN4O2. The van der Waals surface area contributed by atoms with Gasteiger partial charge in [0.25, 0.3) is 0 Å². The van der Waals surface area contributed by atoms with Gasteiger partial charge in [-0.25, -0.2) is 9.18 Å². The van der Waals surface area contributed by atoms with Crippen molar-refractivity contribution >= 4 is 11.9 Å². The second-order valence-electron chi connectivity index (χ2n) is 6.39. The smallest absolute Gasteiger partial charge is 0.312 e. The maximum Gasteiger partial charge on any atom is 0.312 e. The van der Waals surface area contributed by atoms with Crippen LogP contribution < -0.4 is 16.4 Å². The van der Waals surface area contributed by atoms with E-state index in [-0.39, 0.29) is 18.3 Å². The zero-order valence-electron chi connectivity index (χ0n) is 14.2. The van der Waals surface area contributed by atoms with Crippen molar-refractivity contribution in [3.63, 3.8) is 0 Å². The number of benzene rings is 1. The van der Waals surface area contributed by atoms with E-state index in [1.807, 2.05) is 19.1 Å². The fraction of sp³-hybridized carbons (Fsp3) is 0.529. The summed E-state index contributed by atoms with van der Waals surface area (Å²) in [6, 6.07) is 3.09. The second kappa shape index (κ2) is 8.10. The maximum atomic E-state index is 14.0. The van der Waals surface area contributed by atoms with Crippen molar-refractivity contribution in [1.82, 2.24) is 15.5 Å². The lowest BCUT2D eigenvalue weighted by Gasteiger charge is -2.18. The summed E-state index contributed by atoms with van der Waals surface area (Å²) in [4.78, 5) is 24.4. The monoisotopic (exact) mass is 336 g/mol. The quantitative estimate of drug-likeness (QED) is 0.725. The Kier molecular flexibility index (Phi) is 6.14. The number of nitrogens with two attached hydrogens (primary N) is 1. The van der Waals surface area contributed by atoms with Crippen molar-refractivity contribution in [2.24, 2.45) is 11.7 Å². The van der Waals surface area contributed by atoms with Gasteiger partial charge in [0.15, 0.2) is 0 Å². The van der Waals surface area contributed by atoms with Crippen LogP contribution in [0, 0.1) is 25.6 Å². The highest BCUT2D eigenvalue weighted by Gasteiger charge is 2.23. The SMILES string of the molecule is Cc1ccc(CN2CCC(CNC(=O)CNC(N)=O)C2)c(C)c1F. The van der Waals surface area contributed by atoms with Gasteiger partial charge in [-0.15, -0.1) is 0 Å². The number of likely N-dealkylation sites (tertiary alicyclic amines) is 1. The number of rotatable bonds is 6. The molecule has 0 aromatic heterocycles. The summed E-state index contributed by atoms with van der Waals surface area (Å²) in [6.45, 7) is 6.56. The van der Waals surface area contributed by atoms with Crippen LogP contribution in [0.1, 0.15) is 23.1 Å². The Balaban J connectivity index is 1.78. The van der Waals surface area contributed by atoms with Crippen molar-refractivity contribution in [2.75, 3.05) is 26.2 Å². The van der Waals surface area contributed by atoms with Crippen molar-refractivity contribution in [1.29, 1.82) is 0 Å². The van der Waals surface area contributed by atoms with E-state index in [0.29, 0.717) is 23.6 Å². The molecule has 4 N–H and O–H groups in total. The Bertz CT molecular complexity index is 621. The number of hydrogen-bond donors (Lipinski definition) is 3. The van der Waals surface area contributed by atoms with Crippen molar-refractivity contribution < 1.29 is 14.0 Å². The molecular weight excluding hydrogens is 311 g/mol. The third-order valence-electron chi connectivity index (χ3n) is 4.47. The summed E-state index contributed by atoms with van der Waals surface area (Å²) in [6.07, 6.45) is 0.983. The Hall–Kier alpha value is -2.15. The zero-order chi connectivity index (χ0) is 17.7. The minimum absolute atomic E-state index is 0.104. The van der Waals surface area contributed by atoms with Crippen LogP contribution in [0.25, 0.3) is 0 Å². The Morgan fingerprint density at radius 2 is 2.08 bits per heavy atom. The van der Waals surface area contributed by atoms with E-state index >= 15 is 0 Å². The third-order valence-corrected chi connectivity index (χ3v) is 4.47. The molecule has 1 heterocycles. The molecule has 0 spiro atoms. The average Bonchev–Trinajstić information content (AvgIpc) is 2.99. The van der Waals surface area contributed by atoms with Crippen LogP contribution in [0.5, 0.6) is 0 Å². The van der Waals surface area contributed by atoms with Crippen LogP contribution >= 0.6 is 0 Å². The largest absolute Gasteiger partial charge is 0.354 e. The molecule has 3 amide bonds. The first-order chi connectivity index (χ1) is 11.4. The van der Waals surface area contributed by atoms with Crippen LogP contribution in [0.15, 0.2) is 12.1 Å². The number of nitrogens with one attached hydrogen (secondary N) is 2. The van der Waals surface area contributed by atoms with Gasteiger partial charge in [0, 0.05) is 19.6 Å². The molecule has 1 saturated heterocycles. The molecule has 0 radical (unpaired) electrons. The number of hydrogen-bond acceptors (Lipinski definition) is 3. The topological polar surface area (TPSA) is 87.5 Å². The van der Waals surface area contributed by atoms with Gasteiger partial charge < -0.3 is 16.4 Å². The van der Waals surface area contributed by atoms with E-state index in [1.54, 1.807) is 6.92 Å². The molecule has 7 heteroatoms. The predicted octanol–water partition coefficient (Wildman–Crippen LogP) is 1.05. The van der Waals surface area contributed by atoms with E-state index in [0.717, 1.165) is 31.6 Å². The highest BCUT2D eigenvalue weighted by Crippen LogP contribution is 2.22. The van der Waals surface area contributed by atoms with Crippen molar-refractivity contribution in [3.8, 4) is 0 Å². The number of halogens is 1. The van der Waals surface area contributed by atoms with Crippen LogP contribution in [-0.2, 0) is 11.3 Å².